The Morgan fingerprint density at radius 1 is 1.56 bits per heavy atom. The van der Waals surface area contributed by atoms with Crippen LogP contribution in [0.25, 0.3) is 0 Å². The van der Waals surface area contributed by atoms with E-state index in [2.05, 4.69) is 6.07 Å². The number of nitriles is 1. The molecule has 4 heteroatoms. The first-order chi connectivity index (χ1) is 7.67. The Balaban J connectivity index is 1.99. The molecule has 88 valence electrons. The fraction of sp³-hybridized carbons (Fsp3) is 0.833. The Morgan fingerprint density at radius 3 is 2.88 bits per heavy atom. The minimum Gasteiger partial charge on any atom is -0.393 e. The third-order valence-electron chi connectivity index (χ3n) is 3.99. The number of amides is 1. The zero-order chi connectivity index (χ0) is 11.7. The molecular weight excluding hydrogens is 204 g/mol. The standard InChI is InChI=1S/C12H18N2O2/c1-2-8(5-13)12(16)14-6-9-3-4-11(15)10(9)7-14/h8-11,15H,2-4,6-7H2,1H3. The van der Waals surface area contributed by atoms with Gasteiger partial charge in [0.05, 0.1) is 12.2 Å². The molecule has 1 saturated heterocycles. The lowest BCUT2D eigenvalue weighted by Gasteiger charge is -2.20. The summed E-state index contributed by atoms with van der Waals surface area (Å²) in [5.74, 6) is 0.151. The summed E-state index contributed by atoms with van der Waals surface area (Å²) >= 11 is 0. The Kier molecular flexibility index (Phi) is 3.15. The second-order valence-electron chi connectivity index (χ2n) is 4.90. The van der Waals surface area contributed by atoms with Crippen molar-refractivity contribution in [1.29, 1.82) is 5.26 Å². The minimum atomic E-state index is -0.504. The van der Waals surface area contributed by atoms with Gasteiger partial charge in [0, 0.05) is 19.0 Å². The third-order valence-corrected chi connectivity index (χ3v) is 3.99. The molecular formula is C12H18N2O2. The average Bonchev–Trinajstić information content (AvgIpc) is 2.83. The lowest BCUT2D eigenvalue weighted by atomic mass is 10.00. The van der Waals surface area contributed by atoms with Crippen LogP contribution in [0.15, 0.2) is 0 Å². The second kappa shape index (κ2) is 4.42. The van der Waals surface area contributed by atoms with Crippen molar-refractivity contribution in [3.05, 3.63) is 0 Å². The van der Waals surface area contributed by atoms with E-state index in [1.54, 1.807) is 4.90 Å². The summed E-state index contributed by atoms with van der Waals surface area (Å²) in [6.07, 6.45) is 2.21. The summed E-state index contributed by atoms with van der Waals surface area (Å²) < 4.78 is 0. The molecule has 0 bridgehead atoms. The number of fused-ring (bicyclic) bond motifs is 1. The van der Waals surface area contributed by atoms with Crippen LogP contribution in [-0.4, -0.2) is 35.1 Å². The van der Waals surface area contributed by atoms with Crippen molar-refractivity contribution < 1.29 is 9.90 Å². The molecule has 0 aromatic carbocycles. The number of carbonyl (C=O) groups is 1. The summed E-state index contributed by atoms with van der Waals surface area (Å²) in [6.45, 7) is 3.24. The van der Waals surface area contributed by atoms with Gasteiger partial charge in [-0.2, -0.15) is 5.26 Å². The van der Waals surface area contributed by atoms with Gasteiger partial charge in [0.25, 0.3) is 0 Å². The van der Waals surface area contributed by atoms with Crippen molar-refractivity contribution in [2.24, 2.45) is 17.8 Å². The summed E-state index contributed by atoms with van der Waals surface area (Å²) in [5, 5.41) is 18.6. The smallest absolute Gasteiger partial charge is 0.239 e. The zero-order valence-corrected chi connectivity index (χ0v) is 9.59. The number of carbonyl (C=O) groups excluding carboxylic acids is 1. The second-order valence-corrected chi connectivity index (χ2v) is 4.90. The van der Waals surface area contributed by atoms with Crippen molar-refractivity contribution in [2.75, 3.05) is 13.1 Å². The molecule has 1 heterocycles. The largest absolute Gasteiger partial charge is 0.393 e. The van der Waals surface area contributed by atoms with Crippen molar-refractivity contribution in [3.63, 3.8) is 0 Å². The van der Waals surface area contributed by atoms with Crippen LogP contribution in [0.5, 0.6) is 0 Å². The lowest BCUT2D eigenvalue weighted by Crippen LogP contribution is -2.35. The Bertz CT molecular complexity index is 323. The predicted octanol–water partition coefficient (Wildman–Crippen LogP) is 0.765. The van der Waals surface area contributed by atoms with E-state index in [0.29, 0.717) is 18.9 Å². The molecule has 0 spiro atoms. The van der Waals surface area contributed by atoms with E-state index in [1.807, 2.05) is 6.92 Å². The maximum Gasteiger partial charge on any atom is 0.239 e. The number of aliphatic hydroxyl groups excluding tert-OH is 1. The van der Waals surface area contributed by atoms with Gasteiger partial charge in [0.1, 0.15) is 5.92 Å². The van der Waals surface area contributed by atoms with Gasteiger partial charge in [-0.3, -0.25) is 4.79 Å². The maximum absolute atomic E-state index is 12.0. The number of hydrogen-bond acceptors (Lipinski definition) is 3. The number of hydrogen-bond donors (Lipinski definition) is 1. The van der Waals surface area contributed by atoms with Crippen molar-refractivity contribution in [3.8, 4) is 6.07 Å². The van der Waals surface area contributed by atoms with Crippen LogP contribution >= 0.6 is 0 Å². The van der Waals surface area contributed by atoms with E-state index in [4.69, 9.17) is 5.26 Å². The normalized spacial score (nSPS) is 34.6. The predicted molar refractivity (Wildman–Crippen MR) is 58.2 cm³/mol. The van der Waals surface area contributed by atoms with Gasteiger partial charge in [-0.05, 0) is 25.2 Å². The van der Waals surface area contributed by atoms with Gasteiger partial charge < -0.3 is 10.0 Å². The van der Waals surface area contributed by atoms with E-state index in [9.17, 15) is 9.90 Å². The first kappa shape index (κ1) is 11.4. The molecule has 16 heavy (non-hydrogen) atoms. The van der Waals surface area contributed by atoms with Crippen LogP contribution < -0.4 is 0 Å². The molecule has 4 atom stereocenters. The summed E-state index contributed by atoms with van der Waals surface area (Å²) in [5.41, 5.74) is 0. The highest BCUT2D eigenvalue weighted by Crippen LogP contribution is 2.38. The van der Waals surface area contributed by atoms with Gasteiger partial charge in [0.2, 0.25) is 5.91 Å². The van der Waals surface area contributed by atoms with Crippen LogP contribution in [0, 0.1) is 29.1 Å². The zero-order valence-electron chi connectivity index (χ0n) is 9.59. The van der Waals surface area contributed by atoms with Crippen molar-refractivity contribution in [2.45, 2.75) is 32.3 Å². The molecule has 0 aromatic rings. The number of aliphatic hydroxyl groups is 1. The number of rotatable bonds is 2. The first-order valence-corrected chi connectivity index (χ1v) is 6.03. The van der Waals surface area contributed by atoms with Gasteiger partial charge in [-0.1, -0.05) is 6.92 Å². The average molecular weight is 222 g/mol. The fourth-order valence-corrected chi connectivity index (χ4v) is 2.96. The number of nitrogens with zero attached hydrogens (tertiary/aromatic N) is 2. The van der Waals surface area contributed by atoms with Crippen LogP contribution in [0.3, 0.4) is 0 Å². The summed E-state index contributed by atoms with van der Waals surface area (Å²) in [4.78, 5) is 13.7. The quantitative estimate of drug-likeness (QED) is 0.750. The van der Waals surface area contributed by atoms with Crippen LogP contribution in [0.1, 0.15) is 26.2 Å². The lowest BCUT2D eigenvalue weighted by molar-refractivity contribution is -0.133. The monoisotopic (exact) mass is 222 g/mol. The van der Waals surface area contributed by atoms with E-state index >= 15 is 0 Å². The van der Waals surface area contributed by atoms with E-state index in [0.717, 1.165) is 19.4 Å². The molecule has 1 amide bonds. The Labute approximate surface area is 95.9 Å². The topological polar surface area (TPSA) is 64.3 Å². The highest BCUT2D eigenvalue weighted by Gasteiger charge is 2.44. The van der Waals surface area contributed by atoms with Gasteiger partial charge in [-0.25, -0.2) is 0 Å². The van der Waals surface area contributed by atoms with Crippen molar-refractivity contribution in [1.82, 2.24) is 4.90 Å². The maximum atomic E-state index is 12.0. The van der Waals surface area contributed by atoms with Crippen molar-refractivity contribution >= 4 is 5.91 Å². The molecule has 2 aliphatic rings. The fourth-order valence-electron chi connectivity index (χ4n) is 2.96. The molecule has 0 aromatic heterocycles. The number of likely N-dealkylation sites (tertiary alicyclic amines) is 1. The van der Waals surface area contributed by atoms with E-state index in [1.165, 1.54) is 0 Å². The molecule has 1 N–H and O–H groups in total. The van der Waals surface area contributed by atoms with E-state index in [-0.39, 0.29) is 17.9 Å². The van der Waals surface area contributed by atoms with Gasteiger partial charge >= 0.3 is 0 Å². The molecule has 0 radical (unpaired) electrons. The molecule has 1 saturated carbocycles. The van der Waals surface area contributed by atoms with E-state index < -0.39 is 5.92 Å². The highest BCUT2D eigenvalue weighted by molar-refractivity contribution is 5.81. The molecule has 1 aliphatic carbocycles. The Hall–Kier alpha value is -1.08. The first-order valence-electron chi connectivity index (χ1n) is 6.03. The third kappa shape index (κ3) is 1.80. The minimum absolute atomic E-state index is 0.0494. The van der Waals surface area contributed by atoms with Crippen LogP contribution in [0.4, 0.5) is 0 Å². The molecule has 4 unspecified atom stereocenters. The van der Waals surface area contributed by atoms with Gasteiger partial charge in [-0.15, -0.1) is 0 Å². The van der Waals surface area contributed by atoms with Gasteiger partial charge in [0.15, 0.2) is 0 Å². The summed E-state index contributed by atoms with van der Waals surface area (Å²) in [6, 6.07) is 2.05. The SMILES string of the molecule is CCC(C#N)C(=O)N1CC2CCC(O)C2C1. The molecule has 4 nitrogen and oxygen atoms in total. The Morgan fingerprint density at radius 2 is 2.31 bits per heavy atom. The molecule has 1 aliphatic heterocycles. The molecule has 2 fully saturated rings. The highest BCUT2D eigenvalue weighted by atomic mass is 16.3. The van der Waals surface area contributed by atoms with Crippen LogP contribution in [0.2, 0.25) is 0 Å². The molecule has 2 rings (SSSR count). The van der Waals surface area contributed by atoms with Crippen LogP contribution in [-0.2, 0) is 4.79 Å². The summed E-state index contributed by atoms with van der Waals surface area (Å²) in [7, 11) is 0.